The van der Waals surface area contributed by atoms with E-state index in [0.717, 1.165) is 17.1 Å². The Hall–Kier alpha value is -2.60. The predicted molar refractivity (Wildman–Crippen MR) is 94.3 cm³/mol. The van der Waals surface area contributed by atoms with Crippen LogP contribution in [0.1, 0.15) is 31.0 Å². The van der Waals surface area contributed by atoms with E-state index >= 15 is 0 Å². The largest absolute Gasteiger partial charge is 0.394 e. The Balaban J connectivity index is 1.77. The second-order valence-electron chi connectivity index (χ2n) is 6.04. The van der Waals surface area contributed by atoms with Crippen LogP contribution < -0.4 is 5.32 Å². The lowest BCUT2D eigenvalue weighted by Gasteiger charge is -2.06. The molecule has 0 saturated carbocycles. The van der Waals surface area contributed by atoms with Crippen molar-refractivity contribution in [2.45, 2.75) is 32.9 Å². The maximum absolute atomic E-state index is 8.95. The first-order chi connectivity index (χ1) is 11.7. The highest BCUT2D eigenvalue weighted by atomic mass is 16.3. The highest BCUT2D eigenvalue weighted by Gasteiger charge is 2.13. The van der Waals surface area contributed by atoms with Crippen LogP contribution in [0.5, 0.6) is 0 Å². The molecule has 0 fully saturated rings. The van der Waals surface area contributed by atoms with Gasteiger partial charge in [-0.3, -0.25) is 4.68 Å². The van der Waals surface area contributed by atoms with Crippen LogP contribution in [-0.2, 0) is 13.1 Å². The summed E-state index contributed by atoms with van der Waals surface area (Å²) in [5.74, 6) is 0.351. The molecule has 0 aliphatic rings. The summed E-state index contributed by atoms with van der Waals surface area (Å²) in [6.07, 6.45) is 5.75. The first-order valence-corrected chi connectivity index (χ1v) is 8.18. The molecule has 6 heteroatoms. The molecule has 0 atom stereocenters. The Morgan fingerprint density at radius 2 is 1.96 bits per heavy atom. The molecule has 0 amide bonds. The summed E-state index contributed by atoms with van der Waals surface area (Å²) in [4.78, 5) is 0. The molecule has 1 aromatic carbocycles. The van der Waals surface area contributed by atoms with Crippen molar-refractivity contribution in [3.8, 4) is 5.69 Å². The second-order valence-corrected chi connectivity index (χ2v) is 6.04. The number of rotatable bonds is 7. The van der Waals surface area contributed by atoms with Gasteiger partial charge >= 0.3 is 0 Å². The first-order valence-electron chi connectivity index (χ1n) is 8.18. The van der Waals surface area contributed by atoms with Crippen molar-refractivity contribution in [1.29, 1.82) is 0 Å². The molecule has 2 N–H and O–H groups in total. The van der Waals surface area contributed by atoms with Gasteiger partial charge in [-0.1, -0.05) is 32.0 Å². The van der Waals surface area contributed by atoms with Crippen LogP contribution in [0, 0.1) is 0 Å². The topological polar surface area (TPSA) is 67.9 Å². The Morgan fingerprint density at radius 3 is 2.67 bits per heavy atom. The molecular weight excluding hydrogens is 302 g/mol. The third kappa shape index (κ3) is 3.65. The lowest BCUT2D eigenvalue weighted by Crippen LogP contribution is -2.03. The van der Waals surface area contributed by atoms with Gasteiger partial charge in [0.25, 0.3) is 0 Å². The van der Waals surface area contributed by atoms with Gasteiger partial charge in [-0.05, 0) is 18.1 Å². The summed E-state index contributed by atoms with van der Waals surface area (Å²) in [7, 11) is 0. The fourth-order valence-electron chi connectivity index (χ4n) is 2.64. The number of aliphatic hydroxyl groups is 1. The van der Waals surface area contributed by atoms with Crippen molar-refractivity contribution in [3.05, 3.63) is 60.2 Å². The van der Waals surface area contributed by atoms with Gasteiger partial charge in [0.15, 0.2) is 0 Å². The molecule has 2 heterocycles. The van der Waals surface area contributed by atoms with Crippen molar-refractivity contribution in [2.75, 3.05) is 11.9 Å². The highest BCUT2D eigenvalue weighted by Crippen LogP contribution is 2.21. The third-order valence-electron chi connectivity index (χ3n) is 3.84. The summed E-state index contributed by atoms with van der Waals surface area (Å²) in [6.45, 7) is 5.58. The lowest BCUT2D eigenvalue weighted by atomic mass is 10.1. The smallest absolute Gasteiger partial charge is 0.0729 e. The first kappa shape index (κ1) is 16.3. The molecule has 0 aliphatic carbocycles. The Labute approximate surface area is 141 Å². The minimum absolute atomic E-state index is 0.0858. The van der Waals surface area contributed by atoms with Crippen molar-refractivity contribution < 1.29 is 5.11 Å². The number of aromatic nitrogens is 4. The van der Waals surface area contributed by atoms with Crippen LogP contribution in [0.25, 0.3) is 5.69 Å². The number of benzene rings is 1. The fraction of sp³-hybridized carbons (Fsp3) is 0.333. The number of nitrogens with one attached hydrogen (secondary N) is 1. The average Bonchev–Trinajstić information content (AvgIpc) is 3.21. The van der Waals surface area contributed by atoms with Crippen LogP contribution in [-0.4, -0.2) is 31.3 Å². The number of aliphatic hydroxyl groups excluding tert-OH is 1. The Kier molecular flexibility index (Phi) is 4.96. The van der Waals surface area contributed by atoms with Crippen molar-refractivity contribution in [2.24, 2.45) is 0 Å². The molecule has 3 aromatic rings. The Morgan fingerprint density at radius 1 is 1.17 bits per heavy atom. The minimum atomic E-state index is 0.0858. The van der Waals surface area contributed by atoms with Crippen LogP contribution in [0.3, 0.4) is 0 Å². The minimum Gasteiger partial charge on any atom is -0.394 e. The van der Waals surface area contributed by atoms with Crippen molar-refractivity contribution >= 4 is 5.69 Å². The molecule has 24 heavy (non-hydrogen) atoms. The third-order valence-corrected chi connectivity index (χ3v) is 3.84. The van der Waals surface area contributed by atoms with Crippen molar-refractivity contribution in [1.82, 2.24) is 19.6 Å². The van der Waals surface area contributed by atoms with Gasteiger partial charge in [0.05, 0.1) is 36.4 Å². The van der Waals surface area contributed by atoms with E-state index in [1.807, 2.05) is 41.2 Å². The molecule has 3 rings (SSSR count). The van der Waals surface area contributed by atoms with Crippen LogP contribution >= 0.6 is 0 Å². The molecule has 6 nitrogen and oxygen atoms in total. The number of anilines is 1. The van der Waals surface area contributed by atoms with E-state index in [2.05, 4.69) is 30.5 Å². The van der Waals surface area contributed by atoms with Gasteiger partial charge in [-0.15, -0.1) is 0 Å². The van der Waals surface area contributed by atoms with Crippen LogP contribution in [0.4, 0.5) is 5.69 Å². The summed E-state index contributed by atoms with van der Waals surface area (Å²) in [5.41, 5.74) is 4.25. The van der Waals surface area contributed by atoms with Crippen LogP contribution in [0.2, 0.25) is 0 Å². The summed E-state index contributed by atoms with van der Waals surface area (Å²) in [6, 6.07) is 10.1. The molecule has 2 aromatic heterocycles. The number of hydrogen-bond donors (Lipinski definition) is 2. The lowest BCUT2D eigenvalue weighted by molar-refractivity contribution is 0.269. The number of nitrogens with zero attached hydrogens (tertiary/aromatic N) is 4. The van der Waals surface area contributed by atoms with E-state index in [4.69, 9.17) is 10.2 Å². The number of hydrogen-bond acceptors (Lipinski definition) is 4. The van der Waals surface area contributed by atoms with Gasteiger partial charge in [-0.25, -0.2) is 4.68 Å². The summed E-state index contributed by atoms with van der Waals surface area (Å²) < 4.78 is 3.65. The fourth-order valence-corrected chi connectivity index (χ4v) is 2.64. The quantitative estimate of drug-likeness (QED) is 0.701. The van der Waals surface area contributed by atoms with Gasteiger partial charge < -0.3 is 10.4 Å². The van der Waals surface area contributed by atoms with E-state index in [0.29, 0.717) is 19.0 Å². The maximum Gasteiger partial charge on any atom is 0.0729 e. The van der Waals surface area contributed by atoms with Gasteiger partial charge in [0.2, 0.25) is 0 Å². The summed E-state index contributed by atoms with van der Waals surface area (Å²) >= 11 is 0. The van der Waals surface area contributed by atoms with E-state index in [9.17, 15) is 0 Å². The molecule has 126 valence electrons. The average molecular weight is 325 g/mol. The molecular formula is C18H23N5O. The van der Waals surface area contributed by atoms with Gasteiger partial charge in [0.1, 0.15) is 0 Å². The predicted octanol–water partition coefficient (Wildman–Crippen LogP) is 2.80. The van der Waals surface area contributed by atoms with E-state index in [1.54, 1.807) is 10.9 Å². The maximum atomic E-state index is 8.95. The molecule has 0 spiro atoms. The Bertz CT molecular complexity index is 776. The van der Waals surface area contributed by atoms with Crippen molar-refractivity contribution in [3.63, 3.8) is 0 Å². The second kappa shape index (κ2) is 7.31. The molecule has 0 aliphatic heterocycles. The zero-order valence-electron chi connectivity index (χ0n) is 14.1. The molecule has 0 unspecified atom stereocenters. The van der Waals surface area contributed by atoms with E-state index in [-0.39, 0.29) is 6.61 Å². The van der Waals surface area contributed by atoms with Crippen LogP contribution in [0.15, 0.2) is 48.9 Å². The molecule has 0 saturated heterocycles. The normalized spacial score (nSPS) is 11.2. The standard InChI is InChI=1S/C18H23N5O/c1-14(2)18-15(10-19-16-11-20-22(13-16)8-9-24)12-23(21-18)17-6-4-3-5-7-17/h3-7,11-14,19,24H,8-10H2,1-2H3. The van der Waals surface area contributed by atoms with E-state index < -0.39 is 0 Å². The van der Waals surface area contributed by atoms with Gasteiger partial charge in [0, 0.05) is 24.5 Å². The SMILES string of the molecule is CC(C)c1nn(-c2ccccc2)cc1CNc1cnn(CCO)c1. The molecule has 0 radical (unpaired) electrons. The zero-order chi connectivity index (χ0) is 16.9. The number of para-hydroxylation sites is 1. The van der Waals surface area contributed by atoms with E-state index in [1.165, 1.54) is 5.56 Å². The monoisotopic (exact) mass is 325 g/mol. The molecule has 0 bridgehead atoms. The zero-order valence-corrected chi connectivity index (χ0v) is 14.1. The van der Waals surface area contributed by atoms with Gasteiger partial charge in [-0.2, -0.15) is 10.2 Å². The highest BCUT2D eigenvalue weighted by molar-refractivity contribution is 5.40. The summed E-state index contributed by atoms with van der Waals surface area (Å²) in [5, 5.41) is 21.3.